The highest BCUT2D eigenvalue weighted by Crippen LogP contribution is 2.28. The number of nitrogens with zero attached hydrogens (tertiary/aromatic N) is 3. The number of carbonyl (C=O) groups excluding carboxylic acids is 1. The first kappa shape index (κ1) is 18.0. The Kier molecular flexibility index (Phi) is 5.23. The first-order valence-electron chi connectivity index (χ1n) is 9.32. The zero-order valence-corrected chi connectivity index (χ0v) is 15.7. The van der Waals surface area contributed by atoms with E-state index in [2.05, 4.69) is 15.5 Å². The van der Waals surface area contributed by atoms with Crippen molar-refractivity contribution in [1.82, 2.24) is 15.0 Å². The van der Waals surface area contributed by atoms with Crippen molar-refractivity contribution in [1.29, 1.82) is 0 Å². The van der Waals surface area contributed by atoms with E-state index in [-0.39, 0.29) is 11.9 Å². The Labute approximate surface area is 163 Å². The van der Waals surface area contributed by atoms with E-state index in [9.17, 15) is 4.79 Å². The molecule has 1 aliphatic rings. The molecule has 4 rings (SSSR count). The predicted molar refractivity (Wildman–Crippen MR) is 105 cm³/mol. The second-order valence-electron chi connectivity index (χ2n) is 6.77. The van der Waals surface area contributed by atoms with Crippen molar-refractivity contribution >= 4 is 11.7 Å². The number of carbonyl (C=O) groups is 1. The molecule has 1 saturated heterocycles. The number of amides is 2. The van der Waals surface area contributed by atoms with Crippen LogP contribution in [0.3, 0.4) is 0 Å². The van der Waals surface area contributed by atoms with Gasteiger partial charge in [0.05, 0.1) is 13.0 Å². The van der Waals surface area contributed by atoms with Crippen LogP contribution in [0, 0.1) is 0 Å². The molecule has 1 aliphatic heterocycles. The van der Waals surface area contributed by atoms with E-state index >= 15 is 0 Å². The third-order valence-corrected chi connectivity index (χ3v) is 4.87. The quantitative estimate of drug-likeness (QED) is 0.737. The van der Waals surface area contributed by atoms with Crippen LogP contribution >= 0.6 is 0 Å². The molecule has 2 heterocycles. The van der Waals surface area contributed by atoms with Crippen molar-refractivity contribution in [3.05, 3.63) is 60.5 Å². The van der Waals surface area contributed by atoms with Crippen LogP contribution in [-0.4, -0.2) is 41.3 Å². The molecule has 144 valence electrons. The minimum absolute atomic E-state index is 0.0368. The number of likely N-dealkylation sites (tertiary alicyclic amines) is 1. The second-order valence-corrected chi connectivity index (χ2v) is 6.77. The fourth-order valence-corrected chi connectivity index (χ4v) is 3.35. The van der Waals surface area contributed by atoms with Crippen molar-refractivity contribution in [2.45, 2.75) is 18.8 Å². The standard InChI is InChI=1S/C21H22N4O3/c1-27-18-11-9-15(10-12-18)19-23-20(28-24-19)16-6-5-13-25(14-16)21(26)22-17-7-3-2-4-8-17/h2-4,7-12,16H,5-6,13-14H2,1H3,(H,22,26)/t16-/m1/s1. The van der Waals surface area contributed by atoms with Crippen molar-refractivity contribution in [3.8, 4) is 17.1 Å². The molecule has 2 amide bonds. The fraction of sp³-hybridized carbons (Fsp3) is 0.286. The van der Waals surface area contributed by atoms with Gasteiger partial charge in [0.25, 0.3) is 0 Å². The lowest BCUT2D eigenvalue weighted by Gasteiger charge is -2.31. The van der Waals surface area contributed by atoms with Crippen LogP contribution in [0.1, 0.15) is 24.7 Å². The molecule has 3 aromatic rings. The van der Waals surface area contributed by atoms with Gasteiger partial charge in [-0.25, -0.2) is 4.79 Å². The monoisotopic (exact) mass is 378 g/mol. The fourth-order valence-electron chi connectivity index (χ4n) is 3.35. The average molecular weight is 378 g/mol. The second kappa shape index (κ2) is 8.12. The van der Waals surface area contributed by atoms with E-state index in [0.29, 0.717) is 24.8 Å². The summed E-state index contributed by atoms with van der Waals surface area (Å²) in [5.74, 6) is 1.93. The molecule has 1 N–H and O–H groups in total. The van der Waals surface area contributed by atoms with Gasteiger partial charge in [-0.1, -0.05) is 23.4 Å². The number of methoxy groups -OCH3 is 1. The lowest BCUT2D eigenvalue weighted by molar-refractivity contribution is 0.184. The van der Waals surface area contributed by atoms with E-state index in [1.807, 2.05) is 54.6 Å². The summed E-state index contributed by atoms with van der Waals surface area (Å²) in [7, 11) is 1.63. The number of para-hydroxylation sites is 1. The summed E-state index contributed by atoms with van der Waals surface area (Å²) in [6, 6.07) is 16.9. The maximum Gasteiger partial charge on any atom is 0.321 e. The van der Waals surface area contributed by atoms with Crippen LogP contribution in [0.2, 0.25) is 0 Å². The Morgan fingerprint density at radius 2 is 1.96 bits per heavy atom. The third-order valence-electron chi connectivity index (χ3n) is 4.87. The molecule has 0 saturated carbocycles. The number of aromatic nitrogens is 2. The topological polar surface area (TPSA) is 80.5 Å². The molecule has 7 heteroatoms. The van der Waals surface area contributed by atoms with Crippen LogP contribution in [0.25, 0.3) is 11.4 Å². The molecule has 7 nitrogen and oxygen atoms in total. The summed E-state index contributed by atoms with van der Waals surface area (Å²) in [6.07, 6.45) is 1.81. The lowest BCUT2D eigenvalue weighted by Crippen LogP contribution is -2.41. The molecule has 28 heavy (non-hydrogen) atoms. The molecule has 0 spiro atoms. The number of ether oxygens (including phenoxy) is 1. The highest BCUT2D eigenvalue weighted by Gasteiger charge is 2.28. The number of nitrogens with one attached hydrogen (secondary N) is 1. The Balaban J connectivity index is 1.43. The normalized spacial score (nSPS) is 16.6. The van der Waals surface area contributed by atoms with Gasteiger partial charge >= 0.3 is 6.03 Å². The van der Waals surface area contributed by atoms with Gasteiger partial charge in [0.15, 0.2) is 0 Å². The predicted octanol–water partition coefficient (Wildman–Crippen LogP) is 4.16. The lowest BCUT2D eigenvalue weighted by atomic mass is 9.98. The summed E-state index contributed by atoms with van der Waals surface area (Å²) in [6.45, 7) is 1.28. The number of piperidine rings is 1. The summed E-state index contributed by atoms with van der Waals surface area (Å²) in [4.78, 5) is 18.9. The molecule has 0 bridgehead atoms. The maximum absolute atomic E-state index is 12.6. The summed E-state index contributed by atoms with van der Waals surface area (Å²) < 4.78 is 10.7. The van der Waals surface area contributed by atoms with Gasteiger partial charge in [-0.05, 0) is 49.2 Å². The zero-order valence-electron chi connectivity index (χ0n) is 15.7. The first-order chi connectivity index (χ1) is 13.7. The van der Waals surface area contributed by atoms with E-state index in [1.54, 1.807) is 12.0 Å². The molecular formula is C21H22N4O3. The molecule has 1 fully saturated rings. The summed E-state index contributed by atoms with van der Waals surface area (Å²) in [5.41, 5.74) is 1.65. The van der Waals surface area contributed by atoms with E-state index in [4.69, 9.17) is 9.26 Å². The van der Waals surface area contributed by atoms with Gasteiger partial charge in [-0.3, -0.25) is 0 Å². The van der Waals surface area contributed by atoms with Gasteiger partial charge in [0.1, 0.15) is 5.75 Å². The van der Waals surface area contributed by atoms with E-state index in [1.165, 1.54) is 0 Å². The Morgan fingerprint density at radius 3 is 2.71 bits per heavy atom. The van der Waals surface area contributed by atoms with Crippen molar-refractivity contribution in [2.24, 2.45) is 0 Å². The highest BCUT2D eigenvalue weighted by atomic mass is 16.5. The van der Waals surface area contributed by atoms with Gasteiger partial charge in [0, 0.05) is 24.3 Å². The van der Waals surface area contributed by atoms with E-state index in [0.717, 1.165) is 29.8 Å². The van der Waals surface area contributed by atoms with Crippen LogP contribution in [0.4, 0.5) is 10.5 Å². The third kappa shape index (κ3) is 3.98. The van der Waals surface area contributed by atoms with Crippen molar-refractivity contribution in [3.63, 3.8) is 0 Å². The van der Waals surface area contributed by atoms with Crippen molar-refractivity contribution in [2.75, 3.05) is 25.5 Å². The van der Waals surface area contributed by atoms with Crippen LogP contribution in [0.5, 0.6) is 5.75 Å². The largest absolute Gasteiger partial charge is 0.497 e. The average Bonchev–Trinajstić information content (AvgIpc) is 3.25. The van der Waals surface area contributed by atoms with Gasteiger partial charge < -0.3 is 19.5 Å². The SMILES string of the molecule is COc1ccc(-c2noc([C@@H]3CCCN(C(=O)Nc4ccccc4)C3)n2)cc1. The Morgan fingerprint density at radius 1 is 1.18 bits per heavy atom. The number of benzene rings is 2. The van der Waals surface area contributed by atoms with E-state index < -0.39 is 0 Å². The molecule has 0 radical (unpaired) electrons. The van der Waals surface area contributed by atoms with Gasteiger partial charge in [-0.15, -0.1) is 0 Å². The number of hydrogen-bond acceptors (Lipinski definition) is 5. The first-order valence-corrected chi connectivity index (χ1v) is 9.32. The summed E-state index contributed by atoms with van der Waals surface area (Å²) >= 11 is 0. The Hall–Kier alpha value is -3.35. The number of rotatable bonds is 4. The molecule has 0 aliphatic carbocycles. The molecule has 1 aromatic heterocycles. The van der Waals surface area contributed by atoms with Gasteiger partial charge in [-0.2, -0.15) is 4.98 Å². The zero-order chi connectivity index (χ0) is 19.3. The minimum Gasteiger partial charge on any atom is -0.497 e. The van der Waals surface area contributed by atoms with Crippen molar-refractivity contribution < 1.29 is 14.1 Å². The number of urea groups is 1. The maximum atomic E-state index is 12.6. The number of anilines is 1. The minimum atomic E-state index is -0.106. The molecule has 2 aromatic carbocycles. The Bertz CT molecular complexity index is 924. The summed E-state index contributed by atoms with van der Waals surface area (Å²) in [5, 5.41) is 7.04. The molecule has 1 atom stereocenters. The smallest absolute Gasteiger partial charge is 0.321 e. The van der Waals surface area contributed by atoms with Crippen LogP contribution in [0.15, 0.2) is 59.1 Å². The number of hydrogen-bond donors (Lipinski definition) is 1. The van der Waals surface area contributed by atoms with Gasteiger partial charge in [0.2, 0.25) is 11.7 Å². The molecular weight excluding hydrogens is 356 g/mol. The molecule has 0 unspecified atom stereocenters. The van der Waals surface area contributed by atoms with Crippen LogP contribution < -0.4 is 10.1 Å². The highest BCUT2D eigenvalue weighted by molar-refractivity contribution is 5.89. The van der Waals surface area contributed by atoms with Crippen LogP contribution in [-0.2, 0) is 0 Å².